The van der Waals surface area contributed by atoms with Gasteiger partial charge < -0.3 is 15.1 Å². The number of hydrogen-bond donors (Lipinski definition) is 2. The van der Waals surface area contributed by atoms with Gasteiger partial charge in [-0.1, -0.05) is 48.0 Å². The lowest BCUT2D eigenvalue weighted by molar-refractivity contribution is -0.0764. The quantitative estimate of drug-likeness (QED) is 0.789. The molecule has 1 aliphatic rings. The first kappa shape index (κ1) is 21.7. The minimum absolute atomic E-state index is 0. The predicted octanol–water partition coefficient (Wildman–Crippen LogP) is 4.53. The Bertz CT molecular complexity index is 731. The number of phenols is 1. The Hall–Kier alpha value is -1.55. The van der Waals surface area contributed by atoms with Crippen LogP contribution in [0.15, 0.2) is 48.5 Å². The first-order valence-corrected chi connectivity index (χ1v) is 9.59. The van der Waals surface area contributed by atoms with E-state index in [-0.39, 0.29) is 24.1 Å². The van der Waals surface area contributed by atoms with Gasteiger partial charge in [0.2, 0.25) is 0 Å². The van der Waals surface area contributed by atoms with Gasteiger partial charge in [-0.3, -0.25) is 0 Å². The molecule has 0 bridgehead atoms. The molecule has 0 amide bonds. The fourth-order valence-electron chi connectivity index (χ4n) is 4.45. The van der Waals surface area contributed by atoms with E-state index in [2.05, 4.69) is 50.2 Å². The topological polar surface area (TPSA) is 43.7 Å². The van der Waals surface area contributed by atoms with E-state index >= 15 is 0 Å². The Labute approximate surface area is 169 Å². The Morgan fingerprint density at radius 3 is 2.37 bits per heavy atom. The van der Waals surface area contributed by atoms with Crippen molar-refractivity contribution in [3.05, 3.63) is 65.2 Å². The standard InChI is InChI=1S/C23H31NO2.ClH/c1-17-8-10-18(11-9-17)14-19-12-13-23(26,20(15-19)16-24(2)3)21-6-4-5-7-22(21)25;/h4-11,19-20,25-26H,12-16H2,1-3H3;1H. The van der Waals surface area contributed by atoms with E-state index in [0.717, 1.165) is 25.8 Å². The molecular formula is C23H32ClNO2. The molecule has 0 aliphatic heterocycles. The molecule has 0 aromatic heterocycles. The number of aromatic hydroxyl groups is 1. The zero-order valence-corrected chi connectivity index (χ0v) is 17.4. The largest absolute Gasteiger partial charge is 0.508 e. The van der Waals surface area contributed by atoms with Crippen LogP contribution in [0.25, 0.3) is 0 Å². The maximum Gasteiger partial charge on any atom is 0.121 e. The highest BCUT2D eigenvalue weighted by Crippen LogP contribution is 2.47. The molecule has 3 nitrogen and oxygen atoms in total. The van der Waals surface area contributed by atoms with Crippen molar-refractivity contribution < 1.29 is 10.2 Å². The number of nitrogens with zero attached hydrogens (tertiary/aromatic N) is 1. The highest BCUT2D eigenvalue weighted by atomic mass is 35.5. The molecule has 2 N–H and O–H groups in total. The summed E-state index contributed by atoms with van der Waals surface area (Å²) >= 11 is 0. The van der Waals surface area contributed by atoms with Crippen molar-refractivity contribution in [2.45, 2.75) is 38.2 Å². The molecule has 1 saturated carbocycles. The van der Waals surface area contributed by atoms with Gasteiger partial charge in [-0.15, -0.1) is 12.4 Å². The van der Waals surface area contributed by atoms with Crippen LogP contribution in [0.5, 0.6) is 5.75 Å². The molecule has 3 unspecified atom stereocenters. The van der Waals surface area contributed by atoms with Crippen molar-refractivity contribution in [1.29, 1.82) is 0 Å². The van der Waals surface area contributed by atoms with Crippen molar-refractivity contribution in [3.8, 4) is 5.75 Å². The highest BCUT2D eigenvalue weighted by molar-refractivity contribution is 5.85. The van der Waals surface area contributed by atoms with Gasteiger partial charge >= 0.3 is 0 Å². The molecule has 4 heteroatoms. The first-order valence-electron chi connectivity index (χ1n) is 9.59. The van der Waals surface area contributed by atoms with Crippen molar-refractivity contribution in [2.75, 3.05) is 20.6 Å². The minimum Gasteiger partial charge on any atom is -0.508 e. The summed E-state index contributed by atoms with van der Waals surface area (Å²) < 4.78 is 0. The Kier molecular flexibility index (Phi) is 7.32. The fraction of sp³-hybridized carbons (Fsp3) is 0.478. The van der Waals surface area contributed by atoms with Gasteiger partial charge in [-0.25, -0.2) is 0 Å². The Balaban J connectivity index is 0.00000261. The van der Waals surface area contributed by atoms with Crippen LogP contribution in [-0.2, 0) is 12.0 Å². The molecule has 0 spiro atoms. The van der Waals surface area contributed by atoms with Gasteiger partial charge in [0.15, 0.2) is 0 Å². The number of aryl methyl sites for hydroxylation is 1. The monoisotopic (exact) mass is 389 g/mol. The van der Waals surface area contributed by atoms with Crippen molar-refractivity contribution in [2.24, 2.45) is 11.8 Å². The number of para-hydroxylation sites is 1. The van der Waals surface area contributed by atoms with E-state index in [4.69, 9.17) is 0 Å². The van der Waals surface area contributed by atoms with Gasteiger partial charge in [0.05, 0.1) is 5.60 Å². The van der Waals surface area contributed by atoms with Crippen LogP contribution < -0.4 is 0 Å². The summed E-state index contributed by atoms with van der Waals surface area (Å²) in [6, 6.07) is 16.1. The summed E-state index contributed by atoms with van der Waals surface area (Å²) in [4.78, 5) is 2.14. The van der Waals surface area contributed by atoms with Gasteiger partial charge in [0.1, 0.15) is 5.75 Å². The van der Waals surface area contributed by atoms with Gasteiger partial charge in [0.25, 0.3) is 0 Å². The smallest absolute Gasteiger partial charge is 0.121 e. The maximum absolute atomic E-state index is 11.6. The third-order valence-corrected chi connectivity index (χ3v) is 5.83. The summed E-state index contributed by atoms with van der Waals surface area (Å²) in [5, 5.41) is 21.9. The zero-order chi connectivity index (χ0) is 18.7. The van der Waals surface area contributed by atoms with Crippen LogP contribution in [0, 0.1) is 18.8 Å². The lowest BCUT2D eigenvalue weighted by atomic mass is 9.66. The van der Waals surface area contributed by atoms with E-state index in [9.17, 15) is 10.2 Å². The van der Waals surface area contributed by atoms with Gasteiger partial charge in [-0.05, 0) is 64.3 Å². The molecule has 3 atom stereocenters. The molecular weight excluding hydrogens is 358 g/mol. The number of halogens is 1. The number of aliphatic hydroxyl groups is 1. The molecule has 2 aromatic rings. The fourth-order valence-corrected chi connectivity index (χ4v) is 4.45. The number of hydrogen-bond acceptors (Lipinski definition) is 3. The average Bonchev–Trinajstić information content (AvgIpc) is 2.60. The highest BCUT2D eigenvalue weighted by Gasteiger charge is 2.44. The lowest BCUT2D eigenvalue weighted by Gasteiger charge is -2.44. The van der Waals surface area contributed by atoms with E-state index in [0.29, 0.717) is 17.9 Å². The Morgan fingerprint density at radius 1 is 1.07 bits per heavy atom. The van der Waals surface area contributed by atoms with E-state index < -0.39 is 5.60 Å². The second-order valence-corrected chi connectivity index (χ2v) is 8.23. The van der Waals surface area contributed by atoms with E-state index in [1.54, 1.807) is 6.07 Å². The van der Waals surface area contributed by atoms with Gasteiger partial charge in [-0.2, -0.15) is 0 Å². The summed E-state index contributed by atoms with van der Waals surface area (Å²) in [5.74, 6) is 0.875. The van der Waals surface area contributed by atoms with Crippen LogP contribution >= 0.6 is 12.4 Å². The number of rotatable bonds is 5. The van der Waals surface area contributed by atoms with Crippen LogP contribution in [0.1, 0.15) is 36.0 Å². The molecule has 1 fully saturated rings. The molecule has 27 heavy (non-hydrogen) atoms. The minimum atomic E-state index is -0.959. The molecule has 0 saturated heterocycles. The average molecular weight is 390 g/mol. The van der Waals surface area contributed by atoms with E-state index in [1.165, 1.54) is 11.1 Å². The second kappa shape index (κ2) is 9.09. The van der Waals surface area contributed by atoms with Crippen molar-refractivity contribution in [3.63, 3.8) is 0 Å². The van der Waals surface area contributed by atoms with E-state index in [1.807, 2.05) is 18.2 Å². The summed E-state index contributed by atoms with van der Waals surface area (Å²) in [5.41, 5.74) is 2.38. The summed E-state index contributed by atoms with van der Waals surface area (Å²) in [6.07, 6.45) is 3.69. The normalized spacial score (nSPS) is 25.2. The number of benzene rings is 2. The first-order chi connectivity index (χ1) is 12.4. The van der Waals surface area contributed by atoms with Crippen LogP contribution in [0.2, 0.25) is 0 Å². The molecule has 148 valence electrons. The van der Waals surface area contributed by atoms with Crippen molar-refractivity contribution in [1.82, 2.24) is 4.90 Å². The predicted molar refractivity (Wildman–Crippen MR) is 114 cm³/mol. The Morgan fingerprint density at radius 2 is 1.74 bits per heavy atom. The van der Waals surface area contributed by atoms with Crippen LogP contribution in [0.4, 0.5) is 0 Å². The third kappa shape index (κ3) is 5.04. The van der Waals surface area contributed by atoms with Crippen molar-refractivity contribution >= 4 is 12.4 Å². The molecule has 1 aliphatic carbocycles. The molecule has 0 heterocycles. The lowest BCUT2D eigenvalue weighted by Crippen LogP contribution is -2.45. The number of phenolic OH excluding ortho intramolecular Hbond substituents is 1. The molecule has 2 aromatic carbocycles. The SMILES string of the molecule is Cc1ccc(CC2CCC(O)(c3ccccc3O)C(CN(C)C)C2)cc1.Cl. The third-order valence-electron chi connectivity index (χ3n) is 5.83. The maximum atomic E-state index is 11.6. The molecule has 0 radical (unpaired) electrons. The molecule has 3 rings (SSSR count). The summed E-state index contributed by atoms with van der Waals surface area (Å²) in [7, 11) is 4.10. The zero-order valence-electron chi connectivity index (χ0n) is 16.6. The van der Waals surface area contributed by atoms with Crippen LogP contribution in [-0.4, -0.2) is 35.8 Å². The second-order valence-electron chi connectivity index (χ2n) is 8.23. The summed E-state index contributed by atoms with van der Waals surface area (Å²) in [6.45, 7) is 2.93. The van der Waals surface area contributed by atoms with Crippen LogP contribution in [0.3, 0.4) is 0 Å². The van der Waals surface area contributed by atoms with Gasteiger partial charge in [0, 0.05) is 18.0 Å².